The van der Waals surface area contributed by atoms with Crippen molar-refractivity contribution in [2.24, 2.45) is 0 Å². The average molecular weight is 350 g/mol. The number of esters is 1. The summed E-state index contributed by atoms with van der Waals surface area (Å²) in [6, 6.07) is 16.6. The van der Waals surface area contributed by atoms with Crippen LogP contribution in [0.15, 0.2) is 54.6 Å². The van der Waals surface area contributed by atoms with Crippen LogP contribution in [0, 0.1) is 6.92 Å². The van der Waals surface area contributed by atoms with Crippen molar-refractivity contribution in [3.63, 3.8) is 0 Å². The molecule has 5 heteroatoms. The minimum absolute atomic E-state index is 0.415. The molecular formula is C21H22N2O3. The molecular weight excluding hydrogens is 328 g/mol. The predicted molar refractivity (Wildman–Crippen MR) is 100 cm³/mol. The number of hydrogen-bond donors (Lipinski definition) is 0. The topological polar surface area (TPSA) is 53.4 Å². The summed E-state index contributed by atoms with van der Waals surface area (Å²) < 4.78 is 12.4. The van der Waals surface area contributed by atoms with Crippen LogP contribution in [0.1, 0.15) is 35.0 Å². The van der Waals surface area contributed by atoms with Crippen molar-refractivity contribution in [2.75, 3.05) is 7.11 Å². The summed E-state index contributed by atoms with van der Waals surface area (Å²) in [4.78, 5) is 12.5. The highest BCUT2D eigenvalue weighted by Crippen LogP contribution is 2.22. The van der Waals surface area contributed by atoms with E-state index in [0.29, 0.717) is 17.2 Å². The van der Waals surface area contributed by atoms with Gasteiger partial charge in [-0.05, 0) is 49.7 Å². The lowest BCUT2D eigenvalue weighted by Gasteiger charge is -2.08. The Morgan fingerprint density at radius 3 is 2.38 bits per heavy atom. The Labute approximate surface area is 153 Å². The highest BCUT2D eigenvalue weighted by molar-refractivity contribution is 5.91. The Bertz CT molecular complexity index is 881. The van der Waals surface area contributed by atoms with Gasteiger partial charge in [-0.25, -0.2) is 9.48 Å². The quantitative estimate of drug-likeness (QED) is 0.620. The molecule has 3 aromatic rings. The lowest BCUT2D eigenvalue weighted by molar-refractivity contribution is 0.0723. The molecule has 0 aliphatic rings. The van der Waals surface area contributed by atoms with E-state index in [-0.39, 0.29) is 0 Å². The largest absolute Gasteiger partial charge is 0.497 e. The van der Waals surface area contributed by atoms with Gasteiger partial charge in [0.15, 0.2) is 0 Å². The summed E-state index contributed by atoms with van der Waals surface area (Å²) in [6.07, 6.45) is 1.79. The third kappa shape index (κ3) is 3.94. The molecule has 1 heterocycles. The molecule has 0 atom stereocenters. The first-order chi connectivity index (χ1) is 12.6. The molecule has 0 spiro atoms. The maximum Gasteiger partial charge on any atom is 0.344 e. The van der Waals surface area contributed by atoms with Crippen LogP contribution in [-0.2, 0) is 6.42 Å². The second-order valence-corrected chi connectivity index (χ2v) is 6.09. The summed E-state index contributed by atoms with van der Waals surface area (Å²) in [7, 11) is 1.59. The van der Waals surface area contributed by atoms with Gasteiger partial charge in [0.25, 0.3) is 0 Å². The van der Waals surface area contributed by atoms with Crippen molar-refractivity contribution in [1.29, 1.82) is 0 Å². The molecule has 0 saturated carbocycles. The first kappa shape index (κ1) is 17.7. The van der Waals surface area contributed by atoms with Crippen LogP contribution in [-0.4, -0.2) is 22.9 Å². The van der Waals surface area contributed by atoms with Gasteiger partial charge in [0.2, 0.25) is 5.88 Å². The lowest BCUT2D eigenvalue weighted by atomic mass is 10.2. The number of rotatable bonds is 6. The van der Waals surface area contributed by atoms with E-state index in [0.717, 1.165) is 29.8 Å². The maximum atomic E-state index is 12.5. The van der Waals surface area contributed by atoms with Crippen LogP contribution in [0.2, 0.25) is 0 Å². The number of ether oxygens (including phenoxy) is 2. The Morgan fingerprint density at radius 2 is 1.77 bits per heavy atom. The molecule has 2 aromatic carbocycles. The molecule has 0 amide bonds. The number of carbonyl (C=O) groups excluding carboxylic acids is 1. The summed E-state index contributed by atoms with van der Waals surface area (Å²) in [5, 5.41) is 4.59. The van der Waals surface area contributed by atoms with E-state index in [9.17, 15) is 4.79 Å². The highest BCUT2D eigenvalue weighted by Gasteiger charge is 2.16. The third-order valence-corrected chi connectivity index (χ3v) is 4.03. The minimum Gasteiger partial charge on any atom is -0.497 e. The zero-order valence-electron chi connectivity index (χ0n) is 15.2. The van der Waals surface area contributed by atoms with Gasteiger partial charge in [0.05, 0.1) is 24.1 Å². The zero-order chi connectivity index (χ0) is 18.5. The minimum atomic E-state index is -0.427. The van der Waals surface area contributed by atoms with Crippen LogP contribution in [0.5, 0.6) is 11.6 Å². The molecule has 5 nitrogen and oxygen atoms in total. The monoisotopic (exact) mass is 350 g/mol. The van der Waals surface area contributed by atoms with Gasteiger partial charge in [-0.1, -0.05) is 31.0 Å². The smallest absolute Gasteiger partial charge is 0.344 e. The third-order valence-electron chi connectivity index (χ3n) is 4.03. The summed E-state index contributed by atoms with van der Waals surface area (Å²) in [5.74, 6) is 0.679. The fraction of sp³-hybridized carbons (Fsp3) is 0.238. The van der Waals surface area contributed by atoms with Crippen LogP contribution in [0.3, 0.4) is 0 Å². The highest BCUT2D eigenvalue weighted by atomic mass is 16.5. The van der Waals surface area contributed by atoms with E-state index in [1.54, 1.807) is 36.1 Å². The second-order valence-electron chi connectivity index (χ2n) is 6.09. The number of aromatic nitrogens is 2. The van der Waals surface area contributed by atoms with E-state index in [1.807, 2.05) is 37.3 Å². The van der Waals surface area contributed by atoms with Crippen molar-refractivity contribution < 1.29 is 14.3 Å². The van der Waals surface area contributed by atoms with E-state index in [4.69, 9.17) is 9.47 Å². The van der Waals surface area contributed by atoms with Gasteiger partial charge in [-0.2, -0.15) is 5.10 Å². The van der Waals surface area contributed by atoms with Gasteiger partial charge in [-0.3, -0.25) is 0 Å². The fourth-order valence-electron chi connectivity index (χ4n) is 2.61. The van der Waals surface area contributed by atoms with E-state index in [2.05, 4.69) is 12.0 Å². The number of aryl methyl sites for hydroxylation is 2. The normalized spacial score (nSPS) is 10.6. The van der Waals surface area contributed by atoms with E-state index in [1.165, 1.54) is 0 Å². The van der Waals surface area contributed by atoms with Crippen molar-refractivity contribution >= 4 is 5.97 Å². The van der Waals surface area contributed by atoms with E-state index < -0.39 is 5.97 Å². The SMILES string of the molecule is CCCc1cc(OC(=O)c2ccc(OC)cc2)n(-c2ccc(C)cc2)n1. The molecule has 0 saturated heterocycles. The van der Waals surface area contributed by atoms with Gasteiger partial charge >= 0.3 is 5.97 Å². The maximum absolute atomic E-state index is 12.5. The van der Waals surface area contributed by atoms with Crippen molar-refractivity contribution in [3.8, 4) is 17.3 Å². The number of nitrogens with zero attached hydrogens (tertiary/aromatic N) is 2. The molecule has 0 fully saturated rings. The first-order valence-corrected chi connectivity index (χ1v) is 8.63. The van der Waals surface area contributed by atoms with Crippen molar-refractivity contribution in [2.45, 2.75) is 26.7 Å². The average Bonchev–Trinajstić information content (AvgIpc) is 3.05. The number of benzene rings is 2. The Kier molecular flexibility index (Phi) is 5.37. The summed E-state index contributed by atoms with van der Waals surface area (Å²) in [5.41, 5.74) is 3.37. The zero-order valence-corrected chi connectivity index (χ0v) is 15.2. The number of methoxy groups -OCH3 is 1. The first-order valence-electron chi connectivity index (χ1n) is 8.63. The van der Waals surface area contributed by atoms with Crippen molar-refractivity contribution in [1.82, 2.24) is 9.78 Å². The molecule has 26 heavy (non-hydrogen) atoms. The molecule has 0 radical (unpaired) electrons. The van der Waals surface area contributed by atoms with Crippen LogP contribution >= 0.6 is 0 Å². The molecule has 0 N–H and O–H groups in total. The van der Waals surface area contributed by atoms with Crippen LogP contribution < -0.4 is 9.47 Å². The van der Waals surface area contributed by atoms with Crippen molar-refractivity contribution in [3.05, 3.63) is 71.4 Å². The van der Waals surface area contributed by atoms with Gasteiger partial charge in [0, 0.05) is 6.07 Å². The molecule has 0 aliphatic heterocycles. The van der Waals surface area contributed by atoms with Gasteiger partial charge in [-0.15, -0.1) is 0 Å². The molecule has 0 unspecified atom stereocenters. The Balaban J connectivity index is 1.89. The van der Waals surface area contributed by atoms with Gasteiger partial charge < -0.3 is 9.47 Å². The Hall–Kier alpha value is -3.08. The molecule has 0 aliphatic carbocycles. The van der Waals surface area contributed by atoms with E-state index >= 15 is 0 Å². The van der Waals surface area contributed by atoms with Crippen LogP contribution in [0.4, 0.5) is 0 Å². The molecule has 1 aromatic heterocycles. The van der Waals surface area contributed by atoms with Gasteiger partial charge in [0.1, 0.15) is 5.75 Å². The number of carbonyl (C=O) groups is 1. The summed E-state index contributed by atoms with van der Waals surface area (Å²) in [6.45, 7) is 4.12. The molecule has 3 rings (SSSR count). The predicted octanol–water partition coefficient (Wildman–Crippen LogP) is 4.36. The fourth-order valence-corrected chi connectivity index (χ4v) is 2.61. The summed E-state index contributed by atoms with van der Waals surface area (Å²) >= 11 is 0. The number of hydrogen-bond acceptors (Lipinski definition) is 4. The van der Waals surface area contributed by atoms with Crippen LogP contribution in [0.25, 0.3) is 5.69 Å². The standard InChI is InChI=1S/C21H22N2O3/c1-4-5-17-14-20(23(22-17)18-10-6-15(2)7-11-18)26-21(24)16-8-12-19(25-3)13-9-16/h6-14H,4-5H2,1-3H3. The lowest BCUT2D eigenvalue weighted by Crippen LogP contribution is -2.11. The molecule has 0 bridgehead atoms. The molecule has 134 valence electrons. The Morgan fingerprint density at radius 1 is 1.08 bits per heavy atom. The second kappa shape index (κ2) is 7.87.